The minimum absolute atomic E-state index is 0.0475. The first kappa shape index (κ1) is 10.7. The Hall–Kier alpha value is -0.770. The molecule has 0 aromatic carbocycles. The number of rotatable bonds is 4. The lowest BCUT2D eigenvalue weighted by Gasteiger charge is -2.39. The van der Waals surface area contributed by atoms with Crippen molar-refractivity contribution < 1.29 is 5.11 Å². The van der Waals surface area contributed by atoms with Crippen LogP contribution in [0.1, 0.15) is 38.5 Å². The second kappa shape index (κ2) is 4.39. The second-order valence-corrected chi connectivity index (χ2v) is 4.99. The largest absolute Gasteiger partial charge is 0.396 e. The smallest absolute Gasteiger partial charge is 0.188 e. The normalized spacial score (nSPS) is 25.5. The van der Waals surface area contributed by atoms with E-state index < -0.39 is 0 Å². The predicted molar refractivity (Wildman–Crippen MR) is 60.6 cm³/mol. The van der Waals surface area contributed by atoms with Gasteiger partial charge in [-0.25, -0.2) is 0 Å². The van der Waals surface area contributed by atoms with Crippen molar-refractivity contribution in [3.63, 3.8) is 0 Å². The molecule has 0 aliphatic heterocycles. The van der Waals surface area contributed by atoms with E-state index in [-0.39, 0.29) is 12.0 Å². The lowest BCUT2D eigenvalue weighted by molar-refractivity contribution is 0.0539. The number of hydrogen-bond donors (Lipinski definition) is 3. The lowest BCUT2D eigenvalue weighted by atomic mass is 9.69. The molecule has 15 heavy (non-hydrogen) atoms. The molecule has 2 saturated carbocycles. The Balaban J connectivity index is 1.76. The molecule has 0 aromatic heterocycles. The first-order valence-electron chi connectivity index (χ1n) is 5.91. The third-order valence-corrected chi connectivity index (χ3v) is 3.79. The molecule has 2 aliphatic carbocycles. The number of hydrogen-bond acceptors (Lipinski definition) is 2. The van der Waals surface area contributed by atoms with Gasteiger partial charge in [0.1, 0.15) is 0 Å². The first-order chi connectivity index (χ1) is 7.24. The summed E-state index contributed by atoms with van der Waals surface area (Å²) in [5.74, 6) is 0.555. The fraction of sp³-hybridized carbons (Fsp3) is 0.909. The molecule has 0 unspecified atom stereocenters. The Morgan fingerprint density at radius 2 is 2.13 bits per heavy atom. The van der Waals surface area contributed by atoms with Crippen LogP contribution >= 0.6 is 0 Å². The molecule has 0 atom stereocenters. The summed E-state index contributed by atoms with van der Waals surface area (Å²) >= 11 is 0. The van der Waals surface area contributed by atoms with Crippen molar-refractivity contribution in [1.82, 2.24) is 5.32 Å². The maximum absolute atomic E-state index is 9.26. The minimum atomic E-state index is 0.0475. The van der Waals surface area contributed by atoms with Crippen LogP contribution in [0.15, 0.2) is 4.99 Å². The third kappa shape index (κ3) is 2.43. The Kier molecular flexibility index (Phi) is 3.14. The summed E-state index contributed by atoms with van der Waals surface area (Å²) in [5, 5.41) is 12.5. The number of aliphatic hydroxyl groups excluding tert-OH is 1. The highest BCUT2D eigenvalue weighted by Gasteiger charge is 2.36. The molecule has 0 amide bonds. The Bertz CT molecular complexity index is 239. The Morgan fingerprint density at radius 1 is 1.40 bits per heavy atom. The van der Waals surface area contributed by atoms with Crippen molar-refractivity contribution in [2.75, 3.05) is 13.2 Å². The average molecular weight is 211 g/mol. The molecular formula is C11H21N3O. The van der Waals surface area contributed by atoms with Crippen LogP contribution in [-0.4, -0.2) is 30.3 Å². The van der Waals surface area contributed by atoms with Gasteiger partial charge < -0.3 is 16.2 Å². The van der Waals surface area contributed by atoms with Crippen molar-refractivity contribution in [2.45, 2.75) is 44.6 Å². The van der Waals surface area contributed by atoms with E-state index in [0.29, 0.717) is 18.5 Å². The van der Waals surface area contributed by atoms with E-state index in [4.69, 9.17) is 5.73 Å². The lowest BCUT2D eigenvalue weighted by Crippen LogP contribution is -2.45. The number of aliphatic hydroxyl groups is 1. The molecule has 0 spiro atoms. The van der Waals surface area contributed by atoms with E-state index in [9.17, 15) is 5.11 Å². The number of nitrogens with one attached hydrogen (secondary N) is 1. The van der Waals surface area contributed by atoms with Gasteiger partial charge in [-0.3, -0.25) is 4.99 Å². The minimum Gasteiger partial charge on any atom is -0.396 e. The van der Waals surface area contributed by atoms with Crippen LogP contribution in [0.4, 0.5) is 0 Å². The van der Waals surface area contributed by atoms with Gasteiger partial charge in [0.25, 0.3) is 0 Å². The molecule has 4 N–H and O–H groups in total. The summed E-state index contributed by atoms with van der Waals surface area (Å²) < 4.78 is 0. The maximum atomic E-state index is 9.26. The van der Waals surface area contributed by atoms with Gasteiger partial charge in [-0.1, -0.05) is 6.42 Å². The molecule has 86 valence electrons. The molecule has 4 heteroatoms. The molecular weight excluding hydrogens is 190 g/mol. The van der Waals surface area contributed by atoms with Gasteiger partial charge in [-0.05, 0) is 32.1 Å². The fourth-order valence-electron chi connectivity index (χ4n) is 2.10. The van der Waals surface area contributed by atoms with Gasteiger partial charge >= 0.3 is 0 Å². The van der Waals surface area contributed by atoms with Crippen molar-refractivity contribution in [1.29, 1.82) is 0 Å². The Labute approximate surface area is 91.0 Å². The number of nitrogens with zero attached hydrogens (tertiary/aromatic N) is 1. The van der Waals surface area contributed by atoms with E-state index >= 15 is 0 Å². The monoisotopic (exact) mass is 211 g/mol. The van der Waals surface area contributed by atoms with E-state index in [1.165, 1.54) is 25.7 Å². The van der Waals surface area contributed by atoms with Gasteiger partial charge in [0.15, 0.2) is 5.96 Å². The zero-order valence-corrected chi connectivity index (χ0v) is 9.21. The molecule has 2 rings (SSSR count). The number of nitrogens with two attached hydrogens (primary N) is 1. The zero-order valence-electron chi connectivity index (χ0n) is 9.21. The van der Waals surface area contributed by atoms with Crippen LogP contribution in [0.2, 0.25) is 0 Å². The van der Waals surface area contributed by atoms with Crippen molar-refractivity contribution in [2.24, 2.45) is 16.1 Å². The van der Waals surface area contributed by atoms with E-state index in [1.807, 2.05) is 0 Å². The quantitative estimate of drug-likeness (QED) is 0.471. The van der Waals surface area contributed by atoms with E-state index in [1.54, 1.807) is 0 Å². The van der Waals surface area contributed by atoms with Crippen LogP contribution < -0.4 is 11.1 Å². The van der Waals surface area contributed by atoms with Crippen molar-refractivity contribution in [3.8, 4) is 0 Å². The molecule has 0 radical (unpaired) electrons. The highest BCUT2D eigenvalue weighted by Crippen LogP contribution is 2.40. The van der Waals surface area contributed by atoms with E-state index in [0.717, 1.165) is 12.8 Å². The van der Waals surface area contributed by atoms with Crippen LogP contribution in [-0.2, 0) is 0 Å². The second-order valence-electron chi connectivity index (χ2n) is 4.99. The highest BCUT2D eigenvalue weighted by atomic mass is 16.3. The fourth-order valence-corrected chi connectivity index (χ4v) is 2.10. The molecule has 4 nitrogen and oxygen atoms in total. The number of aliphatic imine (C=N–C) groups is 1. The summed E-state index contributed by atoms with van der Waals surface area (Å²) in [7, 11) is 0. The summed E-state index contributed by atoms with van der Waals surface area (Å²) in [6.07, 6.45) is 7.10. The molecule has 0 aromatic rings. The first-order valence-corrected chi connectivity index (χ1v) is 5.91. The molecule has 0 bridgehead atoms. The topological polar surface area (TPSA) is 70.6 Å². The van der Waals surface area contributed by atoms with Gasteiger partial charge in [-0.15, -0.1) is 0 Å². The summed E-state index contributed by atoms with van der Waals surface area (Å²) in [6, 6.07) is 0.542. The SMILES string of the molecule is NC(=NCC1(CO)CCC1)NC1CCC1. The average Bonchev–Trinajstić information content (AvgIpc) is 2.10. The van der Waals surface area contributed by atoms with Crippen LogP contribution in [0, 0.1) is 5.41 Å². The standard InChI is InChI=1S/C11H21N3O/c12-10(14-9-3-1-4-9)13-7-11(8-15)5-2-6-11/h9,15H,1-8H2,(H3,12,13,14). The van der Waals surface area contributed by atoms with Crippen LogP contribution in [0.5, 0.6) is 0 Å². The number of guanidine groups is 1. The summed E-state index contributed by atoms with van der Waals surface area (Å²) in [6.45, 7) is 0.919. The van der Waals surface area contributed by atoms with Gasteiger partial charge in [0.2, 0.25) is 0 Å². The van der Waals surface area contributed by atoms with Crippen molar-refractivity contribution >= 4 is 5.96 Å². The summed E-state index contributed by atoms with van der Waals surface area (Å²) in [5.41, 5.74) is 5.83. The molecule has 0 saturated heterocycles. The van der Waals surface area contributed by atoms with Crippen molar-refractivity contribution in [3.05, 3.63) is 0 Å². The van der Waals surface area contributed by atoms with Gasteiger partial charge in [-0.2, -0.15) is 0 Å². The van der Waals surface area contributed by atoms with Gasteiger partial charge in [0.05, 0.1) is 13.2 Å². The van der Waals surface area contributed by atoms with Gasteiger partial charge in [0, 0.05) is 11.5 Å². The third-order valence-electron chi connectivity index (χ3n) is 3.79. The summed E-state index contributed by atoms with van der Waals surface area (Å²) in [4.78, 5) is 4.33. The zero-order chi connectivity index (χ0) is 10.7. The molecule has 2 aliphatic rings. The predicted octanol–water partition coefficient (Wildman–Crippen LogP) is 0.606. The Morgan fingerprint density at radius 3 is 2.53 bits per heavy atom. The highest BCUT2D eigenvalue weighted by molar-refractivity contribution is 5.78. The maximum Gasteiger partial charge on any atom is 0.188 e. The van der Waals surface area contributed by atoms with E-state index in [2.05, 4.69) is 10.3 Å². The van der Waals surface area contributed by atoms with Crippen LogP contribution in [0.25, 0.3) is 0 Å². The molecule has 0 heterocycles. The van der Waals surface area contributed by atoms with Crippen LogP contribution in [0.3, 0.4) is 0 Å². The molecule has 2 fully saturated rings.